The summed E-state index contributed by atoms with van der Waals surface area (Å²) in [5, 5.41) is 6.66. The van der Waals surface area contributed by atoms with Crippen molar-refractivity contribution in [3.05, 3.63) is 42.5 Å². The van der Waals surface area contributed by atoms with Crippen LogP contribution in [0, 0.1) is 46.3 Å². The minimum atomic E-state index is -0.245. The molecule has 0 spiro atoms. The number of aromatic nitrogens is 1. The van der Waals surface area contributed by atoms with Gasteiger partial charge in [-0.05, 0) is 143 Å². The molecule has 8 aliphatic carbocycles. The van der Waals surface area contributed by atoms with E-state index in [1.54, 1.807) is 0 Å². The van der Waals surface area contributed by atoms with Crippen molar-refractivity contribution in [1.29, 1.82) is 0 Å². The van der Waals surface area contributed by atoms with Crippen LogP contribution in [0.4, 0.5) is 11.4 Å². The van der Waals surface area contributed by atoms with Gasteiger partial charge in [-0.2, -0.15) is 0 Å². The molecule has 8 saturated carbocycles. The molecular weight excluding hydrogens is 510 g/mol. The number of fused-ring (bicyclic) bond motifs is 1. The Bertz CT molecular complexity index is 1390. The van der Waals surface area contributed by atoms with Gasteiger partial charge in [0.2, 0.25) is 17.7 Å². The second-order valence-electron chi connectivity index (χ2n) is 15.1. The van der Waals surface area contributed by atoms with Crippen molar-refractivity contribution >= 4 is 34.3 Å². The number of amides is 2. The molecular formula is C35H39N3O3. The van der Waals surface area contributed by atoms with Crippen molar-refractivity contribution in [2.75, 3.05) is 10.6 Å². The molecule has 6 heteroatoms. The average molecular weight is 550 g/mol. The summed E-state index contributed by atoms with van der Waals surface area (Å²) in [7, 11) is 0. The third-order valence-electron chi connectivity index (χ3n) is 12.0. The van der Waals surface area contributed by atoms with E-state index in [0.717, 1.165) is 55.2 Å². The number of para-hydroxylation sites is 2. The number of rotatable bonds is 5. The van der Waals surface area contributed by atoms with Crippen molar-refractivity contribution in [1.82, 2.24) is 4.98 Å². The first kappa shape index (κ1) is 24.4. The van der Waals surface area contributed by atoms with Gasteiger partial charge in [0.15, 0.2) is 5.58 Å². The molecule has 2 amide bonds. The molecule has 8 fully saturated rings. The highest BCUT2D eigenvalue weighted by Gasteiger charge is 2.56. The molecule has 6 nitrogen and oxygen atoms in total. The Morgan fingerprint density at radius 2 is 1.10 bits per heavy atom. The second-order valence-corrected chi connectivity index (χ2v) is 15.1. The van der Waals surface area contributed by atoms with Gasteiger partial charge < -0.3 is 15.1 Å². The summed E-state index contributed by atoms with van der Waals surface area (Å²) in [4.78, 5) is 32.7. The van der Waals surface area contributed by atoms with E-state index in [9.17, 15) is 9.59 Å². The number of carbonyl (C=O) groups excluding carboxylic acids is 2. The highest BCUT2D eigenvalue weighted by molar-refractivity contribution is 5.99. The van der Waals surface area contributed by atoms with Gasteiger partial charge in [0.05, 0.1) is 10.8 Å². The number of anilines is 2. The van der Waals surface area contributed by atoms with Gasteiger partial charge in [-0.15, -0.1) is 0 Å². The quantitative estimate of drug-likeness (QED) is 0.340. The minimum Gasteiger partial charge on any atom is -0.436 e. The molecule has 2 N–H and O–H groups in total. The number of nitrogens with zero attached hydrogens (tertiary/aromatic N) is 1. The monoisotopic (exact) mass is 549 g/mol. The summed E-state index contributed by atoms with van der Waals surface area (Å²) in [5.74, 6) is 5.03. The first-order valence-electron chi connectivity index (χ1n) is 16.0. The maximum absolute atomic E-state index is 14.0. The standard InChI is InChI=1S/C35H39N3O3/c39-32(34-14-20-5-21(15-34)7-22(6-20)16-34)36-27-11-26(31-38-29-3-1-2-4-30(29)41-31)12-28(13-27)37-33(40)35-17-23-8-24(18-35)10-25(9-23)19-35/h1-4,11-13,20-25H,5-10,14-19H2,(H,36,39)(H,37,40). The summed E-state index contributed by atoms with van der Waals surface area (Å²) in [6, 6.07) is 13.6. The van der Waals surface area contributed by atoms with Crippen LogP contribution in [0.2, 0.25) is 0 Å². The highest BCUT2D eigenvalue weighted by Crippen LogP contribution is 2.61. The number of carbonyl (C=O) groups is 2. The van der Waals surface area contributed by atoms with E-state index in [1.807, 2.05) is 42.5 Å². The summed E-state index contributed by atoms with van der Waals surface area (Å²) >= 11 is 0. The molecule has 0 atom stereocenters. The third-order valence-corrected chi connectivity index (χ3v) is 12.0. The van der Waals surface area contributed by atoms with Crippen LogP contribution >= 0.6 is 0 Å². The first-order valence-corrected chi connectivity index (χ1v) is 16.0. The van der Waals surface area contributed by atoms with E-state index in [-0.39, 0.29) is 22.6 Å². The second kappa shape index (κ2) is 8.68. The van der Waals surface area contributed by atoms with Crippen molar-refractivity contribution in [2.24, 2.45) is 46.3 Å². The van der Waals surface area contributed by atoms with Crippen LogP contribution in [0.15, 0.2) is 46.9 Å². The van der Waals surface area contributed by atoms with Gasteiger partial charge in [0.25, 0.3) is 0 Å². The van der Waals surface area contributed by atoms with Crippen LogP contribution in [0.1, 0.15) is 77.0 Å². The predicted octanol–water partition coefficient (Wildman–Crippen LogP) is 7.80. The summed E-state index contributed by atoms with van der Waals surface area (Å²) < 4.78 is 6.14. The zero-order valence-corrected chi connectivity index (χ0v) is 23.7. The molecule has 1 aromatic heterocycles. The Morgan fingerprint density at radius 3 is 1.54 bits per heavy atom. The third kappa shape index (κ3) is 3.99. The predicted molar refractivity (Wildman–Crippen MR) is 158 cm³/mol. The molecule has 1 heterocycles. The zero-order chi connectivity index (χ0) is 27.3. The highest BCUT2D eigenvalue weighted by atomic mass is 16.3. The fourth-order valence-corrected chi connectivity index (χ4v) is 11.2. The van der Waals surface area contributed by atoms with Gasteiger partial charge in [0, 0.05) is 16.9 Å². The smallest absolute Gasteiger partial charge is 0.230 e. The number of benzene rings is 2. The maximum Gasteiger partial charge on any atom is 0.230 e. The van der Waals surface area contributed by atoms with Crippen LogP contribution in [0.3, 0.4) is 0 Å². The summed E-state index contributed by atoms with van der Waals surface area (Å²) in [5.41, 5.74) is 3.23. The number of hydrogen-bond acceptors (Lipinski definition) is 4. The Hall–Kier alpha value is -3.15. The van der Waals surface area contributed by atoms with Crippen LogP contribution < -0.4 is 10.6 Å². The fourth-order valence-electron chi connectivity index (χ4n) is 11.2. The average Bonchev–Trinajstić information content (AvgIpc) is 3.36. The van der Waals surface area contributed by atoms with Gasteiger partial charge in [-0.25, -0.2) is 4.98 Å². The van der Waals surface area contributed by atoms with Crippen LogP contribution in [0.5, 0.6) is 0 Å². The number of nitrogens with one attached hydrogen (secondary N) is 2. The summed E-state index contributed by atoms with van der Waals surface area (Å²) in [6.45, 7) is 0. The van der Waals surface area contributed by atoms with E-state index < -0.39 is 0 Å². The Morgan fingerprint density at radius 1 is 0.659 bits per heavy atom. The van der Waals surface area contributed by atoms with Gasteiger partial charge >= 0.3 is 0 Å². The largest absolute Gasteiger partial charge is 0.436 e. The van der Waals surface area contributed by atoms with Crippen molar-refractivity contribution in [2.45, 2.75) is 77.0 Å². The normalized spacial score (nSPS) is 38.0. The number of hydrogen-bond donors (Lipinski definition) is 2. The molecule has 3 aromatic rings. The molecule has 8 aliphatic rings. The molecule has 11 rings (SSSR count). The Labute approximate surface area is 241 Å². The van der Waals surface area contributed by atoms with Crippen LogP contribution in [-0.4, -0.2) is 16.8 Å². The van der Waals surface area contributed by atoms with E-state index in [0.29, 0.717) is 52.8 Å². The maximum atomic E-state index is 14.0. The minimum absolute atomic E-state index is 0.157. The van der Waals surface area contributed by atoms with Gasteiger partial charge in [0.1, 0.15) is 5.52 Å². The van der Waals surface area contributed by atoms with Crippen LogP contribution in [-0.2, 0) is 9.59 Å². The molecule has 212 valence electrons. The molecule has 41 heavy (non-hydrogen) atoms. The lowest BCUT2D eigenvalue weighted by Gasteiger charge is -2.55. The topological polar surface area (TPSA) is 84.2 Å². The number of oxazole rings is 1. The lowest BCUT2D eigenvalue weighted by atomic mass is 9.49. The van der Waals surface area contributed by atoms with E-state index in [4.69, 9.17) is 9.40 Å². The Balaban J connectivity index is 1.05. The van der Waals surface area contributed by atoms with Gasteiger partial charge in [-0.3, -0.25) is 9.59 Å². The molecule has 0 unspecified atom stereocenters. The molecule has 8 bridgehead atoms. The molecule has 0 aliphatic heterocycles. The fraction of sp³-hybridized carbons (Fsp3) is 0.571. The zero-order valence-electron chi connectivity index (χ0n) is 23.7. The van der Waals surface area contributed by atoms with E-state index in [1.165, 1.54) is 38.5 Å². The summed E-state index contributed by atoms with van der Waals surface area (Å²) in [6.07, 6.45) is 13.9. The first-order chi connectivity index (χ1) is 19.9. The molecule has 2 aromatic carbocycles. The lowest BCUT2D eigenvalue weighted by molar-refractivity contribution is -0.140. The van der Waals surface area contributed by atoms with Crippen LogP contribution in [0.25, 0.3) is 22.6 Å². The van der Waals surface area contributed by atoms with Crippen molar-refractivity contribution in [3.63, 3.8) is 0 Å². The molecule has 0 radical (unpaired) electrons. The van der Waals surface area contributed by atoms with E-state index in [2.05, 4.69) is 10.6 Å². The SMILES string of the molecule is O=C(Nc1cc(NC(=O)C23CC4CC(CC(C4)C2)C3)cc(-c2nc3ccccc3o2)c1)C12CC3CC(CC(C3)C1)C2. The van der Waals surface area contributed by atoms with Gasteiger partial charge in [-0.1, -0.05) is 12.1 Å². The van der Waals surface area contributed by atoms with E-state index >= 15 is 0 Å². The molecule has 0 saturated heterocycles. The van der Waals surface area contributed by atoms with Crippen molar-refractivity contribution < 1.29 is 14.0 Å². The van der Waals surface area contributed by atoms with Crippen molar-refractivity contribution in [3.8, 4) is 11.5 Å². The lowest BCUT2D eigenvalue weighted by Crippen LogP contribution is -2.52. The Kier molecular flexibility index (Phi) is 5.18.